The van der Waals surface area contributed by atoms with Crippen molar-refractivity contribution in [3.8, 4) is 11.5 Å². The highest BCUT2D eigenvalue weighted by Crippen LogP contribution is 2.30. The van der Waals surface area contributed by atoms with Gasteiger partial charge in [-0.1, -0.05) is 18.2 Å². The minimum absolute atomic E-state index is 0.394. The van der Waals surface area contributed by atoms with Gasteiger partial charge < -0.3 is 14.8 Å². The third-order valence-electron chi connectivity index (χ3n) is 4.84. The zero-order valence-corrected chi connectivity index (χ0v) is 15.3. The fourth-order valence-electron chi connectivity index (χ4n) is 3.31. The molecule has 0 spiro atoms. The Morgan fingerprint density at radius 2 is 1.93 bits per heavy atom. The van der Waals surface area contributed by atoms with Crippen LogP contribution in [0.15, 0.2) is 53.1 Å². The Kier molecular flexibility index (Phi) is 4.61. The number of para-hydroxylation sites is 1. The van der Waals surface area contributed by atoms with E-state index in [1.807, 2.05) is 24.3 Å². The molecular weight excluding hydrogens is 364 g/mol. The van der Waals surface area contributed by atoms with Crippen LogP contribution < -0.4 is 5.32 Å². The molecule has 0 saturated carbocycles. The largest absolute Gasteiger partial charge is 0.480 e. The number of aliphatic carboxylic acids is 1. The van der Waals surface area contributed by atoms with Gasteiger partial charge in [-0.25, -0.2) is 9.78 Å². The second-order valence-corrected chi connectivity index (χ2v) is 7.73. The molecule has 0 radical (unpaired) electrons. The quantitative estimate of drug-likeness (QED) is 0.717. The van der Waals surface area contributed by atoms with E-state index < -0.39 is 17.4 Å². The minimum Gasteiger partial charge on any atom is -0.480 e. The van der Waals surface area contributed by atoms with Crippen molar-refractivity contribution in [3.63, 3.8) is 0 Å². The maximum atomic E-state index is 13.1. The number of hydrogen-bond acceptors (Lipinski definition) is 5. The molecule has 2 aromatic heterocycles. The normalized spacial score (nSPS) is 16.1. The summed E-state index contributed by atoms with van der Waals surface area (Å²) in [6.45, 7) is 0. The lowest BCUT2D eigenvalue weighted by Crippen LogP contribution is -2.56. The van der Waals surface area contributed by atoms with Crippen LogP contribution in [0, 0.1) is 0 Å². The lowest BCUT2D eigenvalue weighted by atomic mass is 9.91. The third kappa shape index (κ3) is 3.30. The van der Waals surface area contributed by atoms with Gasteiger partial charge in [0, 0.05) is 5.39 Å². The molecule has 2 N–H and O–H groups in total. The van der Waals surface area contributed by atoms with Crippen molar-refractivity contribution < 1.29 is 19.1 Å². The van der Waals surface area contributed by atoms with E-state index in [0.717, 1.165) is 0 Å². The number of carboxylic acid groups (broad SMARTS) is 1. The van der Waals surface area contributed by atoms with Gasteiger partial charge in [0.05, 0.1) is 17.3 Å². The number of carbonyl (C=O) groups excluding carboxylic acids is 1. The summed E-state index contributed by atoms with van der Waals surface area (Å²) in [5, 5.41) is 13.2. The number of aromatic nitrogens is 1. The maximum absolute atomic E-state index is 13.1. The first-order valence-electron chi connectivity index (χ1n) is 8.66. The van der Waals surface area contributed by atoms with Crippen LogP contribution in [0.2, 0.25) is 0 Å². The van der Waals surface area contributed by atoms with E-state index in [1.54, 1.807) is 36.2 Å². The Morgan fingerprint density at radius 1 is 1.15 bits per heavy atom. The molecule has 0 bridgehead atoms. The van der Waals surface area contributed by atoms with Gasteiger partial charge in [-0.05, 0) is 48.6 Å². The molecule has 1 aromatic carbocycles. The third-order valence-corrected chi connectivity index (χ3v) is 5.83. The maximum Gasteiger partial charge on any atom is 0.329 e. The van der Waals surface area contributed by atoms with Crippen LogP contribution in [-0.4, -0.2) is 39.0 Å². The molecule has 1 aliphatic rings. The summed E-state index contributed by atoms with van der Waals surface area (Å²) in [6, 6.07) is 12.5. The summed E-state index contributed by atoms with van der Waals surface area (Å²) in [5.74, 6) is 0.580. The van der Waals surface area contributed by atoms with Crippen LogP contribution in [0.4, 0.5) is 0 Å². The number of pyridine rings is 1. The number of thioether (sulfide) groups is 1. The topological polar surface area (TPSA) is 92.4 Å². The summed E-state index contributed by atoms with van der Waals surface area (Å²) in [7, 11) is 0. The number of hydrogen-bond donors (Lipinski definition) is 2. The van der Waals surface area contributed by atoms with E-state index >= 15 is 0 Å². The lowest BCUT2D eigenvalue weighted by molar-refractivity contribution is -0.144. The first kappa shape index (κ1) is 17.6. The van der Waals surface area contributed by atoms with Gasteiger partial charge in [0.2, 0.25) is 0 Å². The number of benzene rings is 1. The van der Waals surface area contributed by atoms with Crippen molar-refractivity contribution in [2.75, 3.05) is 11.5 Å². The van der Waals surface area contributed by atoms with Gasteiger partial charge in [-0.2, -0.15) is 11.8 Å². The zero-order valence-electron chi connectivity index (χ0n) is 14.5. The SMILES string of the molecule is O=C(NC1(C(=O)O)CCSCC1)c1cc(-c2ccco2)nc2ccccc12. The molecule has 3 heterocycles. The fourth-order valence-corrected chi connectivity index (χ4v) is 4.50. The molecule has 7 heteroatoms. The van der Waals surface area contributed by atoms with E-state index in [-0.39, 0.29) is 0 Å². The van der Waals surface area contributed by atoms with Gasteiger partial charge in [0.15, 0.2) is 5.76 Å². The predicted octanol–water partition coefficient (Wildman–Crippen LogP) is 3.58. The van der Waals surface area contributed by atoms with Gasteiger partial charge in [-0.15, -0.1) is 0 Å². The Labute approximate surface area is 160 Å². The van der Waals surface area contributed by atoms with Crippen molar-refractivity contribution in [1.82, 2.24) is 10.3 Å². The number of furan rings is 1. The molecule has 4 rings (SSSR count). The van der Waals surface area contributed by atoms with Crippen LogP contribution in [0.25, 0.3) is 22.4 Å². The molecule has 138 valence electrons. The summed E-state index contributed by atoms with van der Waals surface area (Å²) < 4.78 is 5.42. The van der Waals surface area contributed by atoms with E-state index in [9.17, 15) is 14.7 Å². The standard InChI is InChI=1S/C20H18N2O4S/c23-18(22-20(19(24)25)7-10-27-11-8-20)14-12-16(17-6-3-9-26-17)21-15-5-2-1-4-13(14)15/h1-6,9,12H,7-8,10-11H2,(H,22,23)(H,24,25). The summed E-state index contributed by atoms with van der Waals surface area (Å²) in [5.41, 5.74) is 0.357. The van der Waals surface area contributed by atoms with Gasteiger partial charge in [-0.3, -0.25) is 4.79 Å². The first-order chi connectivity index (χ1) is 13.1. The van der Waals surface area contributed by atoms with Crippen LogP contribution in [0.5, 0.6) is 0 Å². The number of nitrogens with zero attached hydrogens (tertiary/aromatic N) is 1. The molecule has 1 aliphatic heterocycles. The Morgan fingerprint density at radius 3 is 2.63 bits per heavy atom. The minimum atomic E-state index is -1.22. The second-order valence-electron chi connectivity index (χ2n) is 6.50. The Balaban J connectivity index is 1.77. The first-order valence-corrected chi connectivity index (χ1v) is 9.82. The number of nitrogens with one attached hydrogen (secondary N) is 1. The average molecular weight is 382 g/mol. The monoisotopic (exact) mass is 382 g/mol. The summed E-state index contributed by atoms with van der Waals surface area (Å²) in [4.78, 5) is 29.6. The molecule has 1 fully saturated rings. The second kappa shape index (κ2) is 7.08. The van der Waals surface area contributed by atoms with Crippen molar-refractivity contribution in [2.45, 2.75) is 18.4 Å². The number of carbonyl (C=O) groups is 2. The molecule has 1 saturated heterocycles. The number of fused-ring (bicyclic) bond motifs is 1. The van der Waals surface area contributed by atoms with Gasteiger partial charge in [0.1, 0.15) is 11.2 Å². The Hall–Kier alpha value is -2.80. The van der Waals surface area contributed by atoms with Gasteiger partial charge in [0.25, 0.3) is 5.91 Å². The molecule has 0 aliphatic carbocycles. The van der Waals surface area contributed by atoms with Crippen LogP contribution in [0.3, 0.4) is 0 Å². The molecule has 3 aromatic rings. The summed E-state index contributed by atoms with van der Waals surface area (Å²) >= 11 is 1.70. The van der Waals surface area contributed by atoms with Crippen LogP contribution in [-0.2, 0) is 4.79 Å². The van der Waals surface area contributed by atoms with E-state index in [2.05, 4.69) is 10.3 Å². The fraction of sp³-hybridized carbons (Fsp3) is 0.250. The van der Waals surface area contributed by atoms with Crippen molar-refractivity contribution in [3.05, 3.63) is 54.3 Å². The van der Waals surface area contributed by atoms with E-state index in [1.165, 1.54) is 0 Å². The molecule has 27 heavy (non-hydrogen) atoms. The van der Waals surface area contributed by atoms with Crippen molar-refractivity contribution >= 4 is 34.5 Å². The lowest BCUT2D eigenvalue weighted by Gasteiger charge is -2.33. The molecule has 0 atom stereocenters. The Bertz CT molecular complexity index is 994. The number of carboxylic acids is 1. The van der Waals surface area contributed by atoms with E-state index in [0.29, 0.717) is 52.3 Å². The van der Waals surface area contributed by atoms with Crippen molar-refractivity contribution in [2.24, 2.45) is 0 Å². The highest BCUT2D eigenvalue weighted by atomic mass is 32.2. The zero-order chi connectivity index (χ0) is 18.9. The van der Waals surface area contributed by atoms with Crippen LogP contribution >= 0.6 is 11.8 Å². The predicted molar refractivity (Wildman–Crippen MR) is 104 cm³/mol. The van der Waals surface area contributed by atoms with Crippen molar-refractivity contribution in [1.29, 1.82) is 0 Å². The highest BCUT2D eigenvalue weighted by molar-refractivity contribution is 7.99. The van der Waals surface area contributed by atoms with Gasteiger partial charge >= 0.3 is 5.97 Å². The number of amides is 1. The molecule has 6 nitrogen and oxygen atoms in total. The molecule has 0 unspecified atom stereocenters. The highest BCUT2D eigenvalue weighted by Gasteiger charge is 2.41. The number of rotatable bonds is 4. The van der Waals surface area contributed by atoms with Crippen LogP contribution in [0.1, 0.15) is 23.2 Å². The summed E-state index contributed by atoms with van der Waals surface area (Å²) in [6.07, 6.45) is 2.37. The molecule has 1 amide bonds. The smallest absolute Gasteiger partial charge is 0.329 e. The molecular formula is C20H18N2O4S. The van der Waals surface area contributed by atoms with E-state index in [4.69, 9.17) is 4.42 Å². The average Bonchev–Trinajstić information content (AvgIpc) is 3.22.